The molecule has 0 aromatic carbocycles. The third-order valence-electron chi connectivity index (χ3n) is 4.72. The predicted octanol–water partition coefficient (Wildman–Crippen LogP) is 3.23. The number of ether oxygens (including phenoxy) is 1. The zero-order chi connectivity index (χ0) is 14.1. The smallest absolute Gasteiger partial charge is 0.218 e. The van der Waals surface area contributed by atoms with Crippen LogP contribution in [0.1, 0.15) is 56.4 Å². The number of hydrogen-bond acceptors (Lipinski definition) is 3. The van der Waals surface area contributed by atoms with Crippen LogP contribution < -0.4 is 10.5 Å². The number of aromatic nitrogens is 1. The van der Waals surface area contributed by atoms with Crippen molar-refractivity contribution in [1.29, 1.82) is 0 Å². The zero-order valence-electron chi connectivity index (χ0n) is 12.7. The maximum absolute atomic E-state index is 6.25. The van der Waals surface area contributed by atoms with Crippen molar-refractivity contribution in [2.24, 2.45) is 17.6 Å². The van der Waals surface area contributed by atoms with Gasteiger partial charge in [0.15, 0.2) is 0 Å². The van der Waals surface area contributed by atoms with Crippen LogP contribution in [0.15, 0.2) is 6.07 Å². The van der Waals surface area contributed by atoms with E-state index in [9.17, 15) is 0 Å². The molecule has 0 bridgehead atoms. The van der Waals surface area contributed by atoms with Crippen molar-refractivity contribution in [2.45, 2.75) is 65.0 Å². The Labute approximate surface area is 121 Å². The van der Waals surface area contributed by atoms with Crippen molar-refractivity contribution >= 4 is 0 Å². The normalized spacial score (nSPS) is 29.2. The standard InChI is InChI=1S/C17H26N2O/c1-11-6-12(2)8-15(7-11)20-17-14(10-18)9-13-4-3-5-16(13)19-17/h9,11-12,15H,3-8,10,18H2,1-2H3. The summed E-state index contributed by atoms with van der Waals surface area (Å²) in [6.07, 6.45) is 7.38. The molecule has 1 saturated carbocycles. The molecule has 1 heterocycles. The highest BCUT2D eigenvalue weighted by molar-refractivity contribution is 5.36. The molecule has 0 radical (unpaired) electrons. The van der Waals surface area contributed by atoms with Crippen LogP contribution in [0.4, 0.5) is 0 Å². The second-order valence-electron chi connectivity index (χ2n) is 6.77. The summed E-state index contributed by atoms with van der Waals surface area (Å²) < 4.78 is 6.25. The van der Waals surface area contributed by atoms with Gasteiger partial charge >= 0.3 is 0 Å². The van der Waals surface area contributed by atoms with E-state index in [1.54, 1.807) is 0 Å². The fraction of sp³-hybridized carbons (Fsp3) is 0.706. The molecular weight excluding hydrogens is 248 g/mol. The van der Waals surface area contributed by atoms with Gasteiger partial charge in [0, 0.05) is 17.8 Å². The van der Waals surface area contributed by atoms with Crippen molar-refractivity contribution in [1.82, 2.24) is 4.98 Å². The van der Waals surface area contributed by atoms with Crippen LogP contribution >= 0.6 is 0 Å². The van der Waals surface area contributed by atoms with Gasteiger partial charge < -0.3 is 10.5 Å². The van der Waals surface area contributed by atoms with E-state index in [1.165, 1.54) is 24.1 Å². The van der Waals surface area contributed by atoms with Crippen LogP contribution in [0, 0.1) is 11.8 Å². The molecule has 2 aliphatic rings. The minimum absolute atomic E-state index is 0.311. The Morgan fingerprint density at radius 1 is 1.20 bits per heavy atom. The highest BCUT2D eigenvalue weighted by atomic mass is 16.5. The molecule has 0 spiro atoms. The van der Waals surface area contributed by atoms with Gasteiger partial charge in [0.2, 0.25) is 5.88 Å². The first kappa shape index (κ1) is 13.9. The second kappa shape index (κ2) is 5.72. The molecular formula is C17H26N2O. The lowest BCUT2D eigenvalue weighted by Gasteiger charge is -2.31. The van der Waals surface area contributed by atoms with Gasteiger partial charge in [-0.1, -0.05) is 13.8 Å². The number of fused-ring (bicyclic) bond motifs is 1. The van der Waals surface area contributed by atoms with Gasteiger partial charge in [-0.3, -0.25) is 0 Å². The van der Waals surface area contributed by atoms with Gasteiger partial charge in [0.1, 0.15) is 6.10 Å². The summed E-state index contributed by atoms with van der Waals surface area (Å²) in [6, 6.07) is 2.22. The number of hydrogen-bond donors (Lipinski definition) is 1. The number of pyridine rings is 1. The molecule has 2 aliphatic carbocycles. The topological polar surface area (TPSA) is 48.1 Å². The van der Waals surface area contributed by atoms with E-state index >= 15 is 0 Å². The fourth-order valence-corrected chi connectivity index (χ4v) is 3.88. The molecule has 2 atom stereocenters. The van der Waals surface area contributed by atoms with E-state index in [0.29, 0.717) is 12.6 Å². The van der Waals surface area contributed by atoms with Crippen molar-refractivity contribution in [2.75, 3.05) is 0 Å². The number of nitrogens with zero attached hydrogens (tertiary/aromatic N) is 1. The van der Waals surface area contributed by atoms with Crippen LogP contribution in [0.3, 0.4) is 0 Å². The van der Waals surface area contributed by atoms with E-state index in [1.807, 2.05) is 0 Å². The largest absolute Gasteiger partial charge is 0.474 e. The first-order valence-electron chi connectivity index (χ1n) is 8.04. The molecule has 1 aromatic heterocycles. The Hall–Kier alpha value is -1.09. The maximum atomic E-state index is 6.25. The van der Waals surface area contributed by atoms with Crippen LogP contribution in [0.5, 0.6) is 5.88 Å². The number of aryl methyl sites for hydroxylation is 2. The molecule has 2 N–H and O–H groups in total. The summed E-state index contributed by atoms with van der Waals surface area (Å²) in [5.41, 5.74) is 9.57. The molecule has 3 heteroatoms. The Morgan fingerprint density at radius 3 is 2.65 bits per heavy atom. The van der Waals surface area contributed by atoms with Crippen LogP contribution in [0.2, 0.25) is 0 Å². The SMILES string of the molecule is CC1CC(C)CC(Oc2nc3c(cc2CN)CCC3)C1. The minimum Gasteiger partial charge on any atom is -0.474 e. The Kier molecular flexibility index (Phi) is 3.97. The molecule has 110 valence electrons. The summed E-state index contributed by atoms with van der Waals surface area (Å²) in [6.45, 7) is 5.17. The van der Waals surface area contributed by atoms with Gasteiger partial charge in [-0.15, -0.1) is 0 Å². The molecule has 1 fully saturated rings. The van der Waals surface area contributed by atoms with Gasteiger partial charge in [-0.25, -0.2) is 4.98 Å². The van der Waals surface area contributed by atoms with E-state index in [0.717, 1.165) is 49.0 Å². The first-order chi connectivity index (χ1) is 9.65. The summed E-state index contributed by atoms with van der Waals surface area (Å²) in [5, 5.41) is 0. The molecule has 3 rings (SSSR count). The highest BCUT2D eigenvalue weighted by Gasteiger charge is 2.27. The van der Waals surface area contributed by atoms with Crippen LogP contribution in [-0.4, -0.2) is 11.1 Å². The van der Waals surface area contributed by atoms with Gasteiger partial charge in [0.05, 0.1) is 0 Å². The summed E-state index contributed by atoms with van der Waals surface area (Å²) in [7, 11) is 0. The van der Waals surface area contributed by atoms with Crippen molar-refractivity contribution in [3.05, 3.63) is 22.9 Å². The summed E-state index contributed by atoms with van der Waals surface area (Å²) >= 11 is 0. The quantitative estimate of drug-likeness (QED) is 0.920. The van der Waals surface area contributed by atoms with Gasteiger partial charge in [0.25, 0.3) is 0 Å². The summed E-state index contributed by atoms with van der Waals surface area (Å²) in [4.78, 5) is 4.77. The van der Waals surface area contributed by atoms with Crippen molar-refractivity contribution < 1.29 is 4.74 Å². The maximum Gasteiger partial charge on any atom is 0.218 e. The molecule has 2 unspecified atom stereocenters. The van der Waals surface area contributed by atoms with Gasteiger partial charge in [-0.2, -0.15) is 0 Å². The Bertz CT molecular complexity index is 476. The molecule has 1 aromatic rings. The van der Waals surface area contributed by atoms with E-state index in [2.05, 4.69) is 19.9 Å². The molecule has 0 aliphatic heterocycles. The second-order valence-corrected chi connectivity index (χ2v) is 6.77. The van der Waals surface area contributed by atoms with E-state index < -0.39 is 0 Å². The predicted molar refractivity (Wildman–Crippen MR) is 80.7 cm³/mol. The molecule has 3 nitrogen and oxygen atoms in total. The Morgan fingerprint density at radius 2 is 1.95 bits per heavy atom. The third kappa shape index (κ3) is 2.83. The fourth-order valence-electron chi connectivity index (χ4n) is 3.88. The van der Waals surface area contributed by atoms with Crippen LogP contribution in [0.25, 0.3) is 0 Å². The lowest BCUT2D eigenvalue weighted by atomic mass is 9.82. The average Bonchev–Trinajstić information content (AvgIpc) is 2.83. The highest BCUT2D eigenvalue weighted by Crippen LogP contribution is 2.33. The summed E-state index contributed by atoms with van der Waals surface area (Å²) in [5.74, 6) is 2.30. The van der Waals surface area contributed by atoms with Crippen LogP contribution in [-0.2, 0) is 19.4 Å². The Balaban J connectivity index is 1.79. The molecule has 0 amide bonds. The lowest BCUT2D eigenvalue weighted by Crippen LogP contribution is -2.29. The van der Waals surface area contributed by atoms with Crippen molar-refractivity contribution in [3.63, 3.8) is 0 Å². The first-order valence-corrected chi connectivity index (χ1v) is 8.04. The number of rotatable bonds is 3. The average molecular weight is 274 g/mol. The van der Waals surface area contributed by atoms with E-state index in [-0.39, 0.29) is 0 Å². The third-order valence-corrected chi connectivity index (χ3v) is 4.72. The number of nitrogens with two attached hydrogens (primary N) is 1. The van der Waals surface area contributed by atoms with Gasteiger partial charge in [-0.05, 0) is 62.0 Å². The zero-order valence-corrected chi connectivity index (χ0v) is 12.7. The monoisotopic (exact) mass is 274 g/mol. The minimum atomic E-state index is 0.311. The molecule has 0 saturated heterocycles. The molecule has 20 heavy (non-hydrogen) atoms. The van der Waals surface area contributed by atoms with Crippen molar-refractivity contribution in [3.8, 4) is 5.88 Å². The lowest BCUT2D eigenvalue weighted by molar-refractivity contribution is 0.0955. The van der Waals surface area contributed by atoms with E-state index in [4.69, 9.17) is 15.5 Å².